The first-order valence-electron chi connectivity index (χ1n) is 10.1. The van der Waals surface area contributed by atoms with Crippen molar-refractivity contribution in [1.29, 1.82) is 5.26 Å². The van der Waals surface area contributed by atoms with Crippen LogP contribution in [-0.4, -0.2) is 35.5 Å². The maximum absolute atomic E-state index is 13.4. The Labute approximate surface area is 164 Å². The predicted molar refractivity (Wildman–Crippen MR) is 102 cm³/mol. The van der Waals surface area contributed by atoms with E-state index in [4.69, 9.17) is 5.73 Å². The molecule has 3 N–H and O–H groups in total. The number of nitriles is 1. The third-order valence-corrected chi connectivity index (χ3v) is 5.90. The molecule has 7 heteroatoms. The maximum Gasteiger partial charge on any atom is 0.238 e. The number of carbonyl (C=O) groups excluding carboxylic acids is 1. The lowest BCUT2D eigenvalue weighted by Gasteiger charge is -2.28. The highest BCUT2D eigenvalue weighted by Crippen LogP contribution is 2.28. The third kappa shape index (κ3) is 5.27. The van der Waals surface area contributed by atoms with Crippen molar-refractivity contribution in [3.8, 4) is 6.07 Å². The zero-order chi connectivity index (χ0) is 20.1. The van der Waals surface area contributed by atoms with Crippen LogP contribution in [0.1, 0.15) is 50.5 Å². The van der Waals surface area contributed by atoms with Crippen molar-refractivity contribution in [2.75, 3.05) is 13.1 Å². The van der Waals surface area contributed by atoms with Gasteiger partial charge < -0.3 is 11.1 Å². The number of carbonyl (C=O) groups is 1. The predicted octanol–water partition coefficient (Wildman–Crippen LogP) is 2.85. The van der Waals surface area contributed by atoms with Gasteiger partial charge in [-0.2, -0.15) is 5.26 Å². The van der Waals surface area contributed by atoms with Crippen LogP contribution in [0.4, 0.5) is 8.78 Å². The summed E-state index contributed by atoms with van der Waals surface area (Å²) in [6.45, 7) is 1.19. The molecule has 1 saturated carbocycles. The molecule has 2 unspecified atom stereocenters. The van der Waals surface area contributed by atoms with Gasteiger partial charge in [-0.1, -0.05) is 32.1 Å². The maximum atomic E-state index is 13.4. The molecule has 1 aliphatic heterocycles. The van der Waals surface area contributed by atoms with Gasteiger partial charge in [0.15, 0.2) is 0 Å². The summed E-state index contributed by atoms with van der Waals surface area (Å²) in [5.41, 5.74) is 5.61. The van der Waals surface area contributed by atoms with E-state index in [0.29, 0.717) is 44.0 Å². The number of likely N-dealkylation sites (tertiary alicyclic amines) is 1. The Balaban J connectivity index is 1.56. The van der Waals surface area contributed by atoms with Crippen LogP contribution in [0.25, 0.3) is 0 Å². The highest BCUT2D eigenvalue weighted by atomic mass is 19.1. The SMILES string of the molecule is N#CC1(NC(=O)C(N)CC2CCCCC2)CCN(Cc2cc(F)cc(F)c2)C1. The second-order valence-corrected chi connectivity index (χ2v) is 8.27. The molecule has 28 heavy (non-hydrogen) atoms. The largest absolute Gasteiger partial charge is 0.335 e. The number of amides is 1. The first kappa shape index (κ1) is 20.7. The summed E-state index contributed by atoms with van der Waals surface area (Å²) in [6.07, 6.45) is 6.97. The van der Waals surface area contributed by atoms with Crippen molar-refractivity contribution >= 4 is 5.91 Å². The molecule has 5 nitrogen and oxygen atoms in total. The second kappa shape index (κ2) is 8.97. The van der Waals surface area contributed by atoms with E-state index in [1.54, 1.807) is 0 Å². The van der Waals surface area contributed by atoms with Crippen molar-refractivity contribution in [3.63, 3.8) is 0 Å². The Morgan fingerprint density at radius 3 is 2.61 bits per heavy atom. The number of nitrogens with one attached hydrogen (secondary N) is 1. The molecule has 1 amide bonds. The van der Waals surface area contributed by atoms with Gasteiger partial charge in [0.25, 0.3) is 0 Å². The summed E-state index contributed by atoms with van der Waals surface area (Å²) < 4.78 is 26.8. The van der Waals surface area contributed by atoms with Gasteiger partial charge in [-0.05, 0) is 36.5 Å². The number of nitrogens with zero attached hydrogens (tertiary/aromatic N) is 2. The number of benzene rings is 1. The van der Waals surface area contributed by atoms with Crippen molar-refractivity contribution in [2.45, 2.75) is 63.1 Å². The minimum Gasteiger partial charge on any atom is -0.335 e. The minimum atomic E-state index is -1.01. The minimum absolute atomic E-state index is 0.286. The average molecular weight is 390 g/mol. The number of nitrogens with two attached hydrogens (primary N) is 1. The van der Waals surface area contributed by atoms with Gasteiger partial charge in [0, 0.05) is 25.7 Å². The smallest absolute Gasteiger partial charge is 0.238 e. The van der Waals surface area contributed by atoms with E-state index < -0.39 is 23.2 Å². The van der Waals surface area contributed by atoms with Gasteiger partial charge in [-0.15, -0.1) is 0 Å². The summed E-state index contributed by atoms with van der Waals surface area (Å²) >= 11 is 0. The lowest BCUT2D eigenvalue weighted by Crippen LogP contribution is -2.54. The fourth-order valence-corrected chi connectivity index (χ4v) is 4.42. The zero-order valence-electron chi connectivity index (χ0n) is 16.1. The van der Waals surface area contributed by atoms with Gasteiger partial charge in [0.1, 0.15) is 17.2 Å². The molecule has 3 rings (SSSR count). The summed E-state index contributed by atoms with van der Waals surface area (Å²) in [4.78, 5) is 14.5. The summed E-state index contributed by atoms with van der Waals surface area (Å²) in [5.74, 6) is -1.05. The average Bonchev–Trinajstić information content (AvgIpc) is 3.04. The summed E-state index contributed by atoms with van der Waals surface area (Å²) in [6, 6.07) is 5.02. The fraction of sp³-hybridized carbons (Fsp3) is 0.619. The Hall–Kier alpha value is -2.04. The van der Waals surface area contributed by atoms with Crippen molar-refractivity contribution < 1.29 is 13.6 Å². The number of rotatable bonds is 6. The molecule has 2 atom stereocenters. The van der Waals surface area contributed by atoms with Crippen molar-refractivity contribution in [1.82, 2.24) is 10.2 Å². The van der Waals surface area contributed by atoms with Gasteiger partial charge in [-0.3, -0.25) is 9.69 Å². The quantitative estimate of drug-likeness (QED) is 0.783. The highest BCUT2D eigenvalue weighted by Gasteiger charge is 2.40. The van der Waals surface area contributed by atoms with Crippen LogP contribution in [0.5, 0.6) is 0 Å². The molecule has 1 aliphatic carbocycles. The molecular formula is C21H28F2N4O. The Morgan fingerprint density at radius 2 is 1.96 bits per heavy atom. The molecule has 1 aromatic rings. The Kier molecular flexibility index (Phi) is 6.63. The van der Waals surface area contributed by atoms with Gasteiger partial charge in [0.05, 0.1) is 12.1 Å². The van der Waals surface area contributed by atoms with Gasteiger partial charge in [-0.25, -0.2) is 8.78 Å². The lowest BCUT2D eigenvalue weighted by molar-refractivity contribution is -0.124. The highest BCUT2D eigenvalue weighted by molar-refractivity contribution is 5.82. The van der Waals surface area contributed by atoms with Crippen LogP contribution in [0.3, 0.4) is 0 Å². The molecule has 2 aliphatic rings. The molecule has 1 heterocycles. The molecule has 2 fully saturated rings. The summed E-state index contributed by atoms with van der Waals surface area (Å²) in [5, 5.41) is 12.5. The van der Waals surface area contributed by atoms with E-state index in [2.05, 4.69) is 11.4 Å². The van der Waals surface area contributed by atoms with Gasteiger partial charge >= 0.3 is 0 Å². The van der Waals surface area contributed by atoms with Crippen LogP contribution in [-0.2, 0) is 11.3 Å². The normalized spacial score (nSPS) is 24.6. The van der Waals surface area contributed by atoms with E-state index in [1.807, 2.05) is 4.90 Å². The first-order chi connectivity index (χ1) is 13.4. The molecule has 1 saturated heterocycles. The molecular weight excluding hydrogens is 362 g/mol. The van der Waals surface area contributed by atoms with E-state index in [9.17, 15) is 18.8 Å². The van der Waals surface area contributed by atoms with Crippen LogP contribution in [0, 0.1) is 28.9 Å². The monoisotopic (exact) mass is 390 g/mol. The van der Waals surface area contributed by atoms with Crippen molar-refractivity contribution in [2.24, 2.45) is 11.7 Å². The van der Waals surface area contributed by atoms with E-state index in [0.717, 1.165) is 18.9 Å². The van der Waals surface area contributed by atoms with Crippen LogP contribution < -0.4 is 11.1 Å². The third-order valence-electron chi connectivity index (χ3n) is 5.90. The van der Waals surface area contributed by atoms with Crippen LogP contribution >= 0.6 is 0 Å². The number of halogens is 2. The van der Waals surface area contributed by atoms with E-state index >= 15 is 0 Å². The number of hydrogen-bond acceptors (Lipinski definition) is 4. The van der Waals surface area contributed by atoms with E-state index in [1.165, 1.54) is 31.4 Å². The first-order valence-corrected chi connectivity index (χ1v) is 10.1. The van der Waals surface area contributed by atoms with Crippen LogP contribution in [0.2, 0.25) is 0 Å². The molecule has 1 aromatic carbocycles. The van der Waals surface area contributed by atoms with E-state index in [-0.39, 0.29) is 5.91 Å². The molecule has 0 aromatic heterocycles. The zero-order valence-corrected chi connectivity index (χ0v) is 16.1. The van der Waals surface area contributed by atoms with Crippen molar-refractivity contribution in [3.05, 3.63) is 35.4 Å². The molecule has 152 valence electrons. The lowest BCUT2D eigenvalue weighted by atomic mass is 9.84. The Bertz CT molecular complexity index is 724. The molecule has 0 radical (unpaired) electrons. The summed E-state index contributed by atoms with van der Waals surface area (Å²) in [7, 11) is 0. The fourth-order valence-electron chi connectivity index (χ4n) is 4.42. The second-order valence-electron chi connectivity index (χ2n) is 8.27. The van der Waals surface area contributed by atoms with Gasteiger partial charge in [0.2, 0.25) is 5.91 Å². The van der Waals surface area contributed by atoms with Crippen LogP contribution in [0.15, 0.2) is 18.2 Å². The Morgan fingerprint density at radius 1 is 1.29 bits per heavy atom. The topological polar surface area (TPSA) is 82.1 Å². The molecule has 0 bridgehead atoms. The molecule has 0 spiro atoms. The standard InChI is InChI=1S/C21H28F2N4O/c22-17-8-16(9-18(23)11-17)12-27-7-6-21(13-24,14-27)26-20(28)19(25)10-15-4-2-1-3-5-15/h8-9,11,15,19H,1-7,10,12,14,25H2,(H,26,28). The number of hydrogen-bond donors (Lipinski definition) is 2.